The monoisotopic (exact) mass is 398 g/mol. The molecular weight excluding hydrogens is 376 g/mol. The highest BCUT2D eigenvalue weighted by atomic mass is 16.5. The van der Waals surface area contributed by atoms with E-state index < -0.39 is 0 Å². The van der Waals surface area contributed by atoms with Crippen molar-refractivity contribution in [2.24, 2.45) is 0 Å². The Labute approximate surface area is 175 Å². The quantitative estimate of drug-likeness (QED) is 0.429. The summed E-state index contributed by atoms with van der Waals surface area (Å²) < 4.78 is 16.5. The number of aromatic nitrogens is 2. The summed E-state index contributed by atoms with van der Waals surface area (Å²) >= 11 is 0. The Bertz CT molecular complexity index is 1060. The molecule has 3 aromatic carbocycles. The van der Waals surface area contributed by atoms with Gasteiger partial charge in [-0.25, -0.2) is 9.97 Å². The molecule has 5 nitrogen and oxygen atoms in total. The average molecular weight is 398 g/mol. The largest absolute Gasteiger partial charge is 0.493 e. The van der Waals surface area contributed by atoms with Gasteiger partial charge in [0.15, 0.2) is 17.3 Å². The Balaban J connectivity index is 1.94. The van der Waals surface area contributed by atoms with Crippen molar-refractivity contribution in [1.82, 2.24) is 9.97 Å². The van der Waals surface area contributed by atoms with Crippen molar-refractivity contribution in [3.8, 4) is 51.2 Å². The molecule has 4 aromatic rings. The number of hydrogen-bond acceptors (Lipinski definition) is 5. The summed E-state index contributed by atoms with van der Waals surface area (Å²) in [5.74, 6) is 2.23. The molecule has 0 radical (unpaired) electrons. The van der Waals surface area contributed by atoms with E-state index in [0.29, 0.717) is 23.1 Å². The first-order chi connectivity index (χ1) is 14.7. The summed E-state index contributed by atoms with van der Waals surface area (Å²) in [6, 6.07) is 25.9. The fraction of sp³-hybridized carbons (Fsp3) is 0.120. The average Bonchev–Trinajstić information content (AvgIpc) is 2.83. The van der Waals surface area contributed by atoms with E-state index in [-0.39, 0.29) is 0 Å². The lowest BCUT2D eigenvalue weighted by Crippen LogP contribution is -1.99. The topological polar surface area (TPSA) is 53.5 Å². The Morgan fingerprint density at radius 2 is 1.00 bits per heavy atom. The minimum absolute atomic E-state index is 0.534. The number of benzene rings is 3. The fourth-order valence-electron chi connectivity index (χ4n) is 3.30. The molecule has 0 N–H and O–H groups in total. The van der Waals surface area contributed by atoms with Crippen LogP contribution in [0, 0.1) is 0 Å². The molecule has 0 aliphatic rings. The maximum absolute atomic E-state index is 5.51. The molecule has 0 saturated heterocycles. The van der Waals surface area contributed by atoms with Crippen molar-refractivity contribution >= 4 is 0 Å². The molecule has 5 heteroatoms. The van der Waals surface area contributed by atoms with Crippen LogP contribution in [0.4, 0.5) is 0 Å². The van der Waals surface area contributed by atoms with Gasteiger partial charge in [0.05, 0.1) is 32.7 Å². The Hall–Kier alpha value is -3.86. The minimum atomic E-state index is 0.534. The highest BCUT2D eigenvalue weighted by Gasteiger charge is 2.17. The molecule has 0 atom stereocenters. The fourth-order valence-corrected chi connectivity index (χ4v) is 3.30. The lowest BCUT2D eigenvalue weighted by molar-refractivity contribution is 0.324. The SMILES string of the molecule is COc1cc(-c2nc(-c3ccccc3)cc(-c3ccccc3)n2)cc(OC)c1OC. The Morgan fingerprint density at radius 3 is 1.40 bits per heavy atom. The molecule has 0 aliphatic carbocycles. The number of ether oxygens (including phenoxy) is 3. The molecule has 4 rings (SSSR count). The van der Waals surface area contributed by atoms with Crippen LogP contribution in [0.25, 0.3) is 33.9 Å². The first-order valence-corrected chi connectivity index (χ1v) is 9.53. The maximum Gasteiger partial charge on any atom is 0.203 e. The van der Waals surface area contributed by atoms with Crippen molar-refractivity contribution in [3.63, 3.8) is 0 Å². The van der Waals surface area contributed by atoms with E-state index >= 15 is 0 Å². The predicted molar refractivity (Wildman–Crippen MR) is 118 cm³/mol. The zero-order valence-corrected chi connectivity index (χ0v) is 17.1. The number of hydrogen-bond donors (Lipinski definition) is 0. The first-order valence-electron chi connectivity index (χ1n) is 9.53. The molecule has 1 heterocycles. The summed E-state index contributed by atoms with van der Waals surface area (Å²) in [4.78, 5) is 9.69. The van der Waals surface area contributed by atoms with E-state index in [1.807, 2.05) is 78.9 Å². The zero-order valence-electron chi connectivity index (χ0n) is 17.1. The van der Waals surface area contributed by atoms with Crippen LogP contribution >= 0.6 is 0 Å². The van der Waals surface area contributed by atoms with Gasteiger partial charge in [-0.3, -0.25) is 0 Å². The standard InChI is InChI=1S/C25H22N2O3/c1-28-22-14-19(15-23(29-2)24(22)30-3)25-26-20(17-10-6-4-7-11-17)16-21(27-25)18-12-8-5-9-13-18/h4-16H,1-3H3. The lowest BCUT2D eigenvalue weighted by atomic mass is 10.1. The normalized spacial score (nSPS) is 10.5. The van der Waals surface area contributed by atoms with Crippen LogP contribution < -0.4 is 14.2 Å². The van der Waals surface area contributed by atoms with Crippen LogP contribution in [0.15, 0.2) is 78.9 Å². The van der Waals surface area contributed by atoms with Gasteiger partial charge in [0.25, 0.3) is 0 Å². The lowest BCUT2D eigenvalue weighted by Gasteiger charge is -2.14. The molecular formula is C25H22N2O3. The zero-order chi connectivity index (χ0) is 20.9. The van der Waals surface area contributed by atoms with E-state index in [1.54, 1.807) is 21.3 Å². The van der Waals surface area contributed by atoms with Crippen molar-refractivity contribution < 1.29 is 14.2 Å². The van der Waals surface area contributed by atoms with Gasteiger partial charge in [0, 0.05) is 16.7 Å². The van der Waals surface area contributed by atoms with Gasteiger partial charge in [0.1, 0.15) is 0 Å². The minimum Gasteiger partial charge on any atom is -0.493 e. The van der Waals surface area contributed by atoms with Gasteiger partial charge in [-0.2, -0.15) is 0 Å². The molecule has 30 heavy (non-hydrogen) atoms. The van der Waals surface area contributed by atoms with Crippen LogP contribution in [0.3, 0.4) is 0 Å². The summed E-state index contributed by atoms with van der Waals surface area (Å²) in [5, 5.41) is 0. The van der Waals surface area contributed by atoms with Crippen molar-refractivity contribution in [3.05, 3.63) is 78.9 Å². The van der Waals surface area contributed by atoms with E-state index in [2.05, 4.69) is 0 Å². The summed E-state index contributed by atoms with van der Waals surface area (Å²) in [6.45, 7) is 0. The van der Waals surface area contributed by atoms with Crippen LogP contribution in [-0.2, 0) is 0 Å². The Kier molecular flexibility index (Phi) is 5.61. The van der Waals surface area contributed by atoms with Gasteiger partial charge in [-0.15, -0.1) is 0 Å². The maximum atomic E-state index is 5.51. The second-order valence-electron chi connectivity index (χ2n) is 6.61. The van der Waals surface area contributed by atoms with E-state index in [9.17, 15) is 0 Å². The van der Waals surface area contributed by atoms with Crippen LogP contribution in [0.1, 0.15) is 0 Å². The summed E-state index contributed by atoms with van der Waals surface area (Å²) in [7, 11) is 4.77. The van der Waals surface area contributed by atoms with Gasteiger partial charge < -0.3 is 14.2 Å². The number of methoxy groups -OCH3 is 3. The van der Waals surface area contributed by atoms with E-state index in [1.165, 1.54) is 0 Å². The highest BCUT2D eigenvalue weighted by molar-refractivity contribution is 5.73. The molecule has 0 amide bonds. The molecule has 0 aliphatic heterocycles. The molecule has 0 bridgehead atoms. The predicted octanol–water partition coefficient (Wildman–Crippen LogP) is 5.50. The van der Waals surface area contributed by atoms with E-state index in [4.69, 9.17) is 24.2 Å². The molecule has 1 aromatic heterocycles. The molecule has 0 fully saturated rings. The second kappa shape index (κ2) is 8.66. The third-order valence-electron chi connectivity index (χ3n) is 4.79. The number of rotatable bonds is 6. The second-order valence-corrected chi connectivity index (χ2v) is 6.61. The molecule has 0 spiro atoms. The molecule has 150 valence electrons. The summed E-state index contributed by atoms with van der Waals surface area (Å²) in [6.07, 6.45) is 0. The van der Waals surface area contributed by atoms with Gasteiger partial charge >= 0.3 is 0 Å². The van der Waals surface area contributed by atoms with Gasteiger partial charge in [-0.05, 0) is 18.2 Å². The van der Waals surface area contributed by atoms with Gasteiger partial charge in [-0.1, -0.05) is 60.7 Å². The number of nitrogens with zero attached hydrogens (tertiary/aromatic N) is 2. The Morgan fingerprint density at radius 1 is 0.533 bits per heavy atom. The van der Waals surface area contributed by atoms with Crippen molar-refractivity contribution in [2.45, 2.75) is 0 Å². The molecule has 0 unspecified atom stereocenters. The van der Waals surface area contributed by atoms with Crippen molar-refractivity contribution in [2.75, 3.05) is 21.3 Å². The van der Waals surface area contributed by atoms with E-state index in [0.717, 1.165) is 28.1 Å². The third kappa shape index (κ3) is 3.82. The first kappa shape index (κ1) is 19.5. The van der Waals surface area contributed by atoms with Crippen LogP contribution in [0.5, 0.6) is 17.2 Å². The smallest absolute Gasteiger partial charge is 0.203 e. The van der Waals surface area contributed by atoms with Crippen LogP contribution in [-0.4, -0.2) is 31.3 Å². The van der Waals surface area contributed by atoms with Crippen LogP contribution in [0.2, 0.25) is 0 Å². The third-order valence-corrected chi connectivity index (χ3v) is 4.79. The van der Waals surface area contributed by atoms with Gasteiger partial charge in [0.2, 0.25) is 5.75 Å². The highest BCUT2D eigenvalue weighted by Crippen LogP contribution is 2.41. The molecule has 0 saturated carbocycles. The summed E-state index contributed by atoms with van der Waals surface area (Å²) in [5.41, 5.74) is 4.50. The van der Waals surface area contributed by atoms with Crippen molar-refractivity contribution in [1.29, 1.82) is 0 Å².